The molecule has 3 N–H and O–H groups in total. The molecule has 0 saturated carbocycles. The molecule has 3 rings (SSSR count). The highest BCUT2D eigenvalue weighted by atomic mass is 15.6. The SMILES string of the molecule is CN1NC=NC1CNc1ncnc2nc[nH]c12. The molecule has 0 radical (unpaired) electrons. The van der Waals surface area contributed by atoms with Crippen LogP contribution in [0, 0.1) is 0 Å². The van der Waals surface area contributed by atoms with E-state index < -0.39 is 0 Å². The predicted molar refractivity (Wildman–Crippen MR) is 63.4 cm³/mol. The topological polar surface area (TPSA) is 94.1 Å². The highest BCUT2D eigenvalue weighted by Gasteiger charge is 2.16. The first-order valence-electron chi connectivity index (χ1n) is 5.23. The second-order valence-electron chi connectivity index (χ2n) is 3.70. The molecule has 0 aromatic carbocycles. The number of aromatic amines is 1. The summed E-state index contributed by atoms with van der Waals surface area (Å²) in [6.07, 6.45) is 4.83. The second kappa shape index (κ2) is 3.98. The second-order valence-corrected chi connectivity index (χ2v) is 3.70. The largest absolute Gasteiger partial charge is 0.365 e. The van der Waals surface area contributed by atoms with Gasteiger partial charge in [-0.2, -0.15) is 5.01 Å². The van der Waals surface area contributed by atoms with Crippen LogP contribution in [0.2, 0.25) is 0 Å². The van der Waals surface area contributed by atoms with Crippen molar-refractivity contribution in [2.45, 2.75) is 6.17 Å². The van der Waals surface area contributed by atoms with Gasteiger partial charge in [0.25, 0.3) is 0 Å². The Morgan fingerprint density at radius 3 is 3.18 bits per heavy atom. The van der Waals surface area contributed by atoms with Crippen LogP contribution in [-0.2, 0) is 0 Å². The van der Waals surface area contributed by atoms with Crippen LogP contribution in [0.15, 0.2) is 17.6 Å². The smallest absolute Gasteiger partial charge is 0.182 e. The van der Waals surface area contributed by atoms with Crippen molar-refractivity contribution in [2.24, 2.45) is 4.99 Å². The van der Waals surface area contributed by atoms with E-state index in [4.69, 9.17) is 0 Å². The maximum Gasteiger partial charge on any atom is 0.182 e. The van der Waals surface area contributed by atoms with Crippen LogP contribution in [0.3, 0.4) is 0 Å². The molecular weight excluding hydrogens is 220 g/mol. The molecule has 8 heteroatoms. The lowest BCUT2D eigenvalue weighted by Crippen LogP contribution is -2.38. The molecule has 1 aliphatic rings. The first kappa shape index (κ1) is 9.97. The van der Waals surface area contributed by atoms with Gasteiger partial charge in [0.05, 0.1) is 19.2 Å². The summed E-state index contributed by atoms with van der Waals surface area (Å²) in [5, 5.41) is 5.14. The standard InChI is InChI=1S/C9H12N8/c1-17-6(11-5-16-17)2-10-8-7-9(13-3-12-7)15-4-14-8/h3-6H,2H2,1H3,(H,11,16)(H2,10,12,13,14,15). The molecule has 1 atom stereocenters. The molecule has 1 unspecified atom stereocenters. The zero-order chi connectivity index (χ0) is 11.7. The van der Waals surface area contributed by atoms with E-state index in [0.717, 1.165) is 11.3 Å². The highest BCUT2D eigenvalue weighted by molar-refractivity contribution is 5.81. The summed E-state index contributed by atoms with van der Waals surface area (Å²) in [6, 6.07) is 0. The normalized spacial score (nSPS) is 19.7. The number of aromatic nitrogens is 4. The number of H-pyrrole nitrogens is 1. The van der Waals surface area contributed by atoms with Crippen molar-refractivity contribution in [2.75, 3.05) is 18.9 Å². The Morgan fingerprint density at radius 2 is 2.35 bits per heavy atom. The Labute approximate surface area is 97.2 Å². The van der Waals surface area contributed by atoms with E-state index in [1.165, 1.54) is 6.33 Å². The van der Waals surface area contributed by atoms with E-state index >= 15 is 0 Å². The van der Waals surface area contributed by atoms with Gasteiger partial charge in [-0.1, -0.05) is 0 Å². The number of aliphatic imine (C=N–C) groups is 1. The molecule has 3 heterocycles. The lowest BCUT2D eigenvalue weighted by atomic mass is 10.4. The summed E-state index contributed by atoms with van der Waals surface area (Å²) in [4.78, 5) is 19.6. The van der Waals surface area contributed by atoms with Gasteiger partial charge in [-0.05, 0) is 0 Å². The van der Waals surface area contributed by atoms with E-state index in [1.807, 2.05) is 12.1 Å². The van der Waals surface area contributed by atoms with E-state index in [-0.39, 0.29) is 6.17 Å². The maximum absolute atomic E-state index is 4.26. The van der Waals surface area contributed by atoms with Gasteiger partial charge in [0.2, 0.25) is 0 Å². The number of nitrogens with one attached hydrogen (secondary N) is 3. The number of fused-ring (bicyclic) bond motifs is 1. The number of imidazole rings is 1. The van der Waals surface area contributed by atoms with Crippen molar-refractivity contribution in [3.8, 4) is 0 Å². The van der Waals surface area contributed by atoms with Crippen molar-refractivity contribution in [3.63, 3.8) is 0 Å². The Morgan fingerprint density at radius 1 is 1.41 bits per heavy atom. The van der Waals surface area contributed by atoms with Crippen LogP contribution in [0.5, 0.6) is 0 Å². The minimum Gasteiger partial charge on any atom is -0.365 e. The number of hydrazine groups is 1. The van der Waals surface area contributed by atoms with Gasteiger partial charge < -0.3 is 15.7 Å². The fourth-order valence-electron chi connectivity index (χ4n) is 1.67. The first-order chi connectivity index (χ1) is 8.34. The van der Waals surface area contributed by atoms with Gasteiger partial charge in [-0.15, -0.1) is 0 Å². The first-order valence-corrected chi connectivity index (χ1v) is 5.23. The summed E-state index contributed by atoms with van der Waals surface area (Å²) >= 11 is 0. The number of nitrogens with zero attached hydrogens (tertiary/aromatic N) is 5. The fourth-order valence-corrected chi connectivity index (χ4v) is 1.67. The minimum atomic E-state index is 0.0583. The van der Waals surface area contributed by atoms with Gasteiger partial charge in [-0.25, -0.2) is 15.0 Å². The molecule has 8 nitrogen and oxygen atoms in total. The van der Waals surface area contributed by atoms with Gasteiger partial charge in [0.15, 0.2) is 11.5 Å². The molecule has 1 aliphatic heterocycles. The lowest BCUT2D eigenvalue weighted by Gasteiger charge is -2.17. The molecular formula is C9H12N8. The maximum atomic E-state index is 4.26. The summed E-state index contributed by atoms with van der Waals surface area (Å²) in [5.74, 6) is 0.739. The fraction of sp³-hybridized carbons (Fsp3) is 0.333. The number of anilines is 1. The Kier molecular flexibility index (Phi) is 2.33. The average Bonchev–Trinajstić information content (AvgIpc) is 2.95. The monoisotopic (exact) mass is 232 g/mol. The minimum absolute atomic E-state index is 0.0583. The molecule has 17 heavy (non-hydrogen) atoms. The molecule has 0 bridgehead atoms. The van der Waals surface area contributed by atoms with Crippen molar-refractivity contribution >= 4 is 23.3 Å². The number of likely N-dealkylation sites (N-methyl/N-ethyl adjacent to an activating group) is 1. The molecule has 0 amide bonds. The third kappa shape index (κ3) is 1.78. The Bertz CT molecular complexity index is 547. The third-order valence-corrected chi connectivity index (χ3v) is 2.63. The van der Waals surface area contributed by atoms with Gasteiger partial charge >= 0.3 is 0 Å². The van der Waals surface area contributed by atoms with Gasteiger partial charge in [0.1, 0.15) is 18.0 Å². The van der Waals surface area contributed by atoms with Crippen molar-refractivity contribution in [1.82, 2.24) is 30.4 Å². The van der Waals surface area contributed by atoms with Crippen molar-refractivity contribution < 1.29 is 0 Å². The van der Waals surface area contributed by atoms with E-state index in [2.05, 4.69) is 35.7 Å². The van der Waals surface area contributed by atoms with Crippen molar-refractivity contribution in [1.29, 1.82) is 0 Å². The van der Waals surface area contributed by atoms with Crippen molar-refractivity contribution in [3.05, 3.63) is 12.7 Å². The quantitative estimate of drug-likeness (QED) is 0.664. The summed E-state index contributed by atoms with van der Waals surface area (Å²) in [7, 11) is 1.94. The Balaban J connectivity index is 1.76. The molecule has 0 aliphatic carbocycles. The number of rotatable bonds is 3. The van der Waals surface area contributed by atoms with Crippen LogP contribution in [0.25, 0.3) is 11.2 Å². The molecule has 0 spiro atoms. The predicted octanol–water partition coefficient (Wildman–Crippen LogP) is -0.431. The average molecular weight is 232 g/mol. The molecule has 2 aromatic rings. The number of hydrogen-bond acceptors (Lipinski definition) is 7. The van der Waals surface area contributed by atoms with Crippen LogP contribution in [0.4, 0.5) is 5.82 Å². The molecule has 0 saturated heterocycles. The van der Waals surface area contributed by atoms with Gasteiger partial charge in [0, 0.05) is 7.05 Å². The summed E-state index contributed by atoms with van der Waals surface area (Å²) in [6.45, 7) is 0.658. The van der Waals surface area contributed by atoms with E-state index in [0.29, 0.717) is 12.2 Å². The summed E-state index contributed by atoms with van der Waals surface area (Å²) < 4.78 is 0. The highest BCUT2D eigenvalue weighted by Crippen LogP contribution is 2.14. The zero-order valence-electron chi connectivity index (χ0n) is 9.25. The van der Waals surface area contributed by atoms with Crippen LogP contribution < -0.4 is 10.7 Å². The van der Waals surface area contributed by atoms with E-state index in [1.54, 1.807) is 12.7 Å². The van der Waals surface area contributed by atoms with Gasteiger partial charge in [-0.3, -0.25) is 4.99 Å². The lowest BCUT2D eigenvalue weighted by molar-refractivity contribution is 0.250. The number of hydrogen-bond donors (Lipinski definition) is 3. The zero-order valence-corrected chi connectivity index (χ0v) is 9.25. The Hall–Kier alpha value is -2.22. The van der Waals surface area contributed by atoms with Crippen LogP contribution in [-0.4, -0.2) is 51.0 Å². The van der Waals surface area contributed by atoms with Crippen LogP contribution >= 0.6 is 0 Å². The molecule has 0 fully saturated rings. The summed E-state index contributed by atoms with van der Waals surface area (Å²) in [5.41, 5.74) is 4.45. The van der Waals surface area contributed by atoms with Crippen LogP contribution in [0.1, 0.15) is 0 Å². The van der Waals surface area contributed by atoms with E-state index in [9.17, 15) is 0 Å². The third-order valence-electron chi connectivity index (χ3n) is 2.63. The molecule has 2 aromatic heterocycles. The molecule has 88 valence electrons.